The van der Waals surface area contributed by atoms with Crippen LogP contribution in [0, 0.1) is 5.92 Å². The largest absolute Gasteiger partial charge is 0.497 e. The van der Waals surface area contributed by atoms with Crippen LogP contribution in [-0.2, 0) is 4.79 Å². The van der Waals surface area contributed by atoms with E-state index in [0.717, 1.165) is 29.9 Å². The van der Waals surface area contributed by atoms with Gasteiger partial charge in [-0.2, -0.15) is 0 Å². The molecule has 2 heterocycles. The molecule has 1 aromatic heterocycles. The molecule has 3 aromatic rings. The summed E-state index contributed by atoms with van der Waals surface area (Å²) < 4.78 is 10.4. The highest BCUT2D eigenvalue weighted by Gasteiger charge is 2.25. The number of piperidine rings is 1. The lowest BCUT2D eigenvalue weighted by atomic mass is 9.97. The third-order valence-electron chi connectivity index (χ3n) is 6.29. The first-order valence-corrected chi connectivity index (χ1v) is 13.4. The molecule has 1 saturated heterocycles. The van der Waals surface area contributed by atoms with Gasteiger partial charge in [-0.05, 0) is 48.6 Å². The summed E-state index contributed by atoms with van der Waals surface area (Å²) in [6, 6.07) is 14.5. The molecule has 0 saturated carbocycles. The summed E-state index contributed by atoms with van der Waals surface area (Å²) in [5, 5.41) is 24.8. The van der Waals surface area contributed by atoms with Gasteiger partial charge < -0.3 is 35.2 Å². The molecule has 4 rings (SSSR count). The van der Waals surface area contributed by atoms with Crippen LogP contribution in [0.3, 0.4) is 0 Å². The molecule has 39 heavy (non-hydrogen) atoms. The van der Waals surface area contributed by atoms with Gasteiger partial charge in [-0.3, -0.25) is 0 Å². The Hall–Kier alpha value is -3.96. The van der Waals surface area contributed by atoms with Crippen molar-refractivity contribution in [2.75, 3.05) is 44.0 Å². The molecule has 0 bridgehead atoms. The Morgan fingerprint density at radius 2 is 1.79 bits per heavy atom. The van der Waals surface area contributed by atoms with Gasteiger partial charge in [0.15, 0.2) is 17.2 Å². The molecule has 0 spiro atoms. The lowest BCUT2D eigenvalue weighted by Gasteiger charge is -2.32. The summed E-state index contributed by atoms with van der Waals surface area (Å²) in [5.41, 5.74) is 2.21. The van der Waals surface area contributed by atoms with Crippen molar-refractivity contribution in [1.29, 1.82) is 0 Å². The number of carboxylic acids is 2. The number of carboxylic acid groups (broad SMARTS) is 2. The maximum atomic E-state index is 12.7. The van der Waals surface area contributed by atoms with E-state index in [1.807, 2.05) is 36.4 Å². The minimum Gasteiger partial charge on any atom is -0.497 e. The second-order valence-corrected chi connectivity index (χ2v) is 10.3. The van der Waals surface area contributed by atoms with E-state index in [-0.39, 0.29) is 21.7 Å². The van der Waals surface area contributed by atoms with Crippen LogP contribution in [0.1, 0.15) is 22.5 Å². The van der Waals surface area contributed by atoms with Gasteiger partial charge in [0.05, 0.1) is 12.0 Å². The molecule has 2 aromatic carbocycles. The SMILES string of the molecule is COc1cccc(NC(=O)N2CCC(CNc3cccc(-c4sc(C(=O)O)c(OCC(=O)O)c4Cl)c3)CC2)c1. The van der Waals surface area contributed by atoms with Crippen LogP contribution in [-0.4, -0.2) is 66.4 Å². The maximum Gasteiger partial charge on any atom is 0.349 e. The van der Waals surface area contributed by atoms with Gasteiger partial charge in [0, 0.05) is 37.1 Å². The van der Waals surface area contributed by atoms with Gasteiger partial charge in [0.1, 0.15) is 10.8 Å². The van der Waals surface area contributed by atoms with Crippen molar-refractivity contribution >= 4 is 52.3 Å². The first-order valence-electron chi connectivity index (χ1n) is 12.2. The Kier molecular flexibility index (Phi) is 9.15. The van der Waals surface area contributed by atoms with Gasteiger partial charge in [0.2, 0.25) is 0 Å². The van der Waals surface area contributed by atoms with Gasteiger partial charge in [-0.25, -0.2) is 14.4 Å². The molecule has 2 amide bonds. The number of likely N-dealkylation sites (tertiary alicyclic amines) is 1. The van der Waals surface area contributed by atoms with Crippen molar-refractivity contribution in [1.82, 2.24) is 4.90 Å². The van der Waals surface area contributed by atoms with Gasteiger partial charge in [-0.15, -0.1) is 11.3 Å². The van der Waals surface area contributed by atoms with Crippen LogP contribution in [0.15, 0.2) is 48.5 Å². The molecule has 12 heteroatoms. The van der Waals surface area contributed by atoms with E-state index in [2.05, 4.69) is 10.6 Å². The van der Waals surface area contributed by atoms with Crippen molar-refractivity contribution in [3.05, 3.63) is 58.4 Å². The number of aliphatic carboxylic acids is 1. The van der Waals surface area contributed by atoms with E-state index in [1.165, 1.54) is 0 Å². The summed E-state index contributed by atoms with van der Waals surface area (Å²) >= 11 is 7.34. The first-order chi connectivity index (χ1) is 18.7. The number of halogens is 1. The lowest BCUT2D eigenvalue weighted by Crippen LogP contribution is -2.42. The topological polar surface area (TPSA) is 137 Å². The van der Waals surface area contributed by atoms with E-state index in [0.29, 0.717) is 47.4 Å². The maximum absolute atomic E-state index is 12.7. The molecule has 0 atom stereocenters. The molecule has 1 fully saturated rings. The summed E-state index contributed by atoms with van der Waals surface area (Å²) in [4.78, 5) is 37.4. The average Bonchev–Trinajstić information content (AvgIpc) is 3.27. The van der Waals surface area contributed by atoms with Crippen molar-refractivity contribution in [3.63, 3.8) is 0 Å². The molecular formula is C27H28ClN3O7S. The summed E-state index contributed by atoms with van der Waals surface area (Å²) in [6.07, 6.45) is 1.70. The van der Waals surface area contributed by atoms with E-state index in [9.17, 15) is 19.5 Å². The average molecular weight is 574 g/mol. The van der Waals surface area contributed by atoms with Crippen LogP contribution in [0.2, 0.25) is 5.02 Å². The molecule has 1 aliphatic rings. The number of thiophene rings is 1. The predicted octanol–water partition coefficient (Wildman–Crippen LogP) is 5.59. The standard InChI is InChI=1S/C27H28ClN3O7S/c1-37-20-7-3-6-19(13-20)30-27(36)31-10-8-16(9-11-31)14-29-18-5-2-4-17(12-18)24-22(28)23(38-15-21(32)33)25(39-24)26(34)35/h2-7,12-13,16,29H,8-11,14-15H2,1H3,(H,30,36)(H,32,33)(H,34,35). The van der Waals surface area contributed by atoms with Gasteiger partial charge in [0.25, 0.3) is 0 Å². The number of carbonyl (C=O) groups is 3. The van der Waals surface area contributed by atoms with Crippen LogP contribution < -0.4 is 20.1 Å². The van der Waals surface area contributed by atoms with E-state index in [1.54, 1.807) is 24.1 Å². The molecule has 0 radical (unpaired) electrons. The molecular weight excluding hydrogens is 546 g/mol. The fraction of sp³-hybridized carbons (Fsp3) is 0.296. The highest BCUT2D eigenvalue weighted by atomic mass is 35.5. The molecule has 0 unspecified atom stereocenters. The lowest BCUT2D eigenvalue weighted by molar-refractivity contribution is -0.139. The number of urea groups is 1. The quantitative estimate of drug-likeness (QED) is 0.246. The Morgan fingerprint density at radius 3 is 2.49 bits per heavy atom. The fourth-order valence-electron chi connectivity index (χ4n) is 4.26. The number of ether oxygens (including phenoxy) is 2. The molecule has 0 aliphatic carbocycles. The Morgan fingerprint density at radius 1 is 1.08 bits per heavy atom. The van der Waals surface area contributed by atoms with E-state index >= 15 is 0 Å². The number of benzene rings is 2. The minimum absolute atomic E-state index is 0.0652. The number of amides is 2. The second kappa shape index (κ2) is 12.7. The van der Waals surface area contributed by atoms with Crippen LogP contribution in [0.25, 0.3) is 10.4 Å². The number of nitrogens with one attached hydrogen (secondary N) is 2. The summed E-state index contributed by atoms with van der Waals surface area (Å²) in [7, 11) is 1.58. The normalized spacial score (nSPS) is 13.5. The second-order valence-electron chi connectivity index (χ2n) is 8.95. The van der Waals surface area contributed by atoms with Crippen molar-refractivity contribution in [2.24, 2.45) is 5.92 Å². The van der Waals surface area contributed by atoms with E-state index < -0.39 is 18.5 Å². The molecule has 10 nitrogen and oxygen atoms in total. The predicted molar refractivity (Wildman–Crippen MR) is 150 cm³/mol. The zero-order valence-corrected chi connectivity index (χ0v) is 22.7. The van der Waals surface area contributed by atoms with Crippen molar-refractivity contribution in [3.8, 4) is 21.9 Å². The number of nitrogens with zero attached hydrogens (tertiary/aromatic N) is 1. The highest BCUT2D eigenvalue weighted by molar-refractivity contribution is 7.18. The minimum atomic E-state index is -1.24. The smallest absolute Gasteiger partial charge is 0.349 e. The Labute approximate surface area is 234 Å². The van der Waals surface area contributed by atoms with E-state index in [4.69, 9.17) is 26.2 Å². The number of hydrogen-bond acceptors (Lipinski definition) is 7. The van der Waals surface area contributed by atoms with Crippen LogP contribution in [0.5, 0.6) is 11.5 Å². The summed E-state index contributed by atoms with van der Waals surface area (Å²) in [6.45, 7) is 1.30. The van der Waals surface area contributed by atoms with Gasteiger partial charge >= 0.3 is 18.0 Å². The van der Waals surface area contributed by atoms with Gasteiger partial charge in [-0.1, -0.05) is 29.8 Å². The number of carbonyl (C=O) groups excluding carboxylic acids is 1. The monoisotopic (exact) mass is 573 g/mol. The number of aromatic carboxylic acids is 1. The molecule has 4 N–H and O–H groups in total. The zero-order valence-electron chi connectivity index (χ0n) is 21.1. The molecule has 206 valence electrons. The van der Waals surface area contributed by atoms with Crippen molar-refractivity contribution < 1.29 is 34.1 Å². The third-order valence-corrected chi connectivity index (χ3v) is 7.97. The number of hydrogen-bond donors (Lipinski definition) is 4. The fourth-order valence-corrected chi connectivity index (χ4v) is 5.66. The molecule has 1 aliphatic heterocycles. The number of anilines is 2. The highest BCUT2D eigenvalue weighted by Crippen LogP contribution is 2.46. The zero-order chi connectivity index (χ0) is 27.9. The van der Waals surface area contributed by atoms with Crippen LogP contribution >= 0.6 is 22.9 Å². The van der Waals surface area contributed by atoms with Crippen LogP contribution in [0.4, 0.5) is 16.2 Å². The summed E-state index contributed by atoms with van der Waals surface area (Å²) in [5.74, 6) is -1.57. The van der Waals surface area contributed by atoms with Crippen molar-refractivity contribution in [2.45, 2.75) is 12.8 Å². The first kappa shape index (κ1) is 28.1. The number of methoxy groups -OCH3 is 1. The number of rotatable bonds is 10. The Bertz CT molecular complexity index is 1350. The third kappa shape index (κ3) is 7.12. The Balaban J connectivity index is 1.34.